The van der Waals surface area contributed by atoms with Gasteiger partial charge in [0.05, 0.1) is 0 Å². The van der Waals surface area contributed by atoms with Gasteiger partial charge in [-0.1, -0.05) is 0 Å². The molecule has 12 heavy (non-hydrogen) atoms. The molecule has 2 rings (SSSR count). The van der Waals surface area contributed by atoms with Crippen molar-refractivity contribution < 1.29 is 4.39 Å². The lowest BCUT2D eigenvalue weighted by Gasteiger charge is -1.97. The zero-order valence-corrected chi connectivity index (χ0v) is 8.95. The fraction of sp³-hybridized carbons (Fsp3) is 0. The molecule has 1 aromatic heterocycles. The number of hydrogen-bond donors (Lipinski definition) is 1. The minimum absolute atomic E-state index is 0.159. The molecule has 2 N–H and O–H groups in total. The van der Waals surface area contributed by atoms with E-state index in [1.165, 1.54) is 16.7 Å². The highest BCUT2D eigenvalue weighted by molar-refractivity contribution is 14.1. The monoisotopic (exact) mass is 293 g/mol. The number of benzene rings is 1. The Labute approximate surface area is 86.5 Å². The van der Waals surface area contributed by atoms with Crippen LogP contribution < -0.4 is 5.73 Å². The maximum atomic E-state index is 13.0. The van der Waals surface area contributed by atoms with Crippen molar-refractivity contribution in [2.45, 2.75) is 0 Å². The van der Waals surface area contributed by atoms with Gasteiger partial charge >= 0.3 is 0 Å². The molecule has 0 aliphatic carbocycles. The van der Waals surface area contributed by atoms with Crippen molar-refractivity contribution >= 4 is 49.7 Å². The van der Waals surface area contributed by atoms with Crippen molar-refractivity contribution in [3.63, 3.8) is 0 Å². The first kappa shape index (κ1) is 8.25. The summed E-state index contributed by atoms with van der Waals surface area (Å²) >= 11 is 3.48. The predicted octanol–water partition coefficient (Wildman–Crippen LogP) is 3.23. The van der Waals surface area contributed by atoms with Gasteiger partial charge in [0.1, 0.15) is 5.82 Å². The summed E-state index contributed by atoms with van der Waals surface area (Å²) in [5, 5.41) is 2.17. The van der Waals surface area contributed by atoms with Gasteiger partial charge in [-0.2, -0.15) is 0 Å². The first-order valence-corrected chi connectivity index (χ1v) is 5.26. The fourth-order valence-electron chi connectivity index (χ4n) is 1.03. The molecule has 0 aliphatic heterocycles. The second kappa shape index (κ2) is 2.85. The zero-order valence-electron chi connectivity index (χ0n) is 5.97. The Morgan fingerprint density at radius 1 is 1.42 bits per heavy atom. The van der Waals surface area contributed by atoms with E-state index in [9.17, 15) is 4.39 Å². The summed E-state index contributed by atoms with van der Waals surface area (Å²) in [7, 11) is 0. The van der Waals surface area contributed by atoms with Crippen LogP contribution in [-0.2, 0) is 0 Å². The Bertz CT molecular complexity index is 438. The molecule has 2 aromatic rings. The second-order valence-corrected chi connectivity index (χ2v) is 4.53. The molecule has 0 radical (unpaired) electrons. The van der Waals surface area contributed by atoms with Crippen LogP contribution >= 0.6 is 33.9 Å². The van der Waals surface area contributed by atoms with Crippen LogP contribution in [0.15, 0.2) is 17.5 Å². The van der Waals surface area contributed by atoms with Gasteiger partial charge in [0, 0.05) is 24.7 Å². The first-order chi connectivity index (χ1) is 5.68. The van der Waals surface area contributed by atoms with E-state index in [0.29, 0.717) is 11.1 Å². The highest BCUT2D eigenvalue weighted by Crippen LogP contribution is 2.29. The number of hydrogen-bond acceptors (Lipinski definition) is 2. The third-order valence-corrected chi connectivity index (χ3v) is 3.50. The van der Waals surface area contributed by atoms with E-state index in [0.717, 1.165) is 8.27 Å². The van der Waals surface area contributed by atoms with Gasteiger partial charge in [0.25, 0.3) is 0 Å². The minimum Gasteiger partial charge on any atom is -0.398 e. The van der Waals surface area contributed by atoms with Crippen LogP contribution in [0.3, 0.4) is 0 Å². The Balaban J connectivity index is 2.87. The van der Waals surface area contributed by atoms with Gasteiger partial charge in [-0.3, -0.25) is 0 Å². The van der Waals surface area contributed by atoms with E-state index in [-0.39, 0.29) is 5.82 Å². The highest BCUT2D eigenvalue weighted by atomic mass is 127. The molecular weight excluding hydrogens is 288 g/mol. The van der Waals surface area contributed by atoms with Gasteiger partial charge < -0.3 is 5.73 Å². The summed E-state index contributed by atoms with van der Waals surface area (Å²) in [5.74, 6) is -0.159. The summed E-state index contributed by atoms with van der Waals surface area (Å²) < 4.78 is 14.8. The van der Waals surface area contributed by atoms with Crippen LogP contribution in [-0.4, -0.2) is 0 Å². The fourth-order valence-corrected chi connectivity index (χ4v) is 2.33. The molecule has 4 heteroatoms. The Morgan fingerprint density at radius 2 is 2.17 bits per heavy atom. The molecule has 0 unspecified atom stereocenters. The molecule has 1 aromatic carbocycles. The third kappa shape index (κ3) is 1.19. The maximum absolute atomic E-state index is 13.0. The summed E-state index contributed by atoms with van der Waals surface area (Å²) in [6.45, 7) is 0. The zero-order chi connectivity index (χ0) is 8.72. The average Bonchev–Trinajstić information content (AvgIpc) is 2.35. The SMILES string of the molecule is Nc1cc2scc(F)c2cc1I. The van der Waals surface area contributed by atoms with Crippen molar-refractivity contribution in [1.82, 2.24) is 0 Å². The van der Waals surface area contributed by atoms with Crippen molar-refractivity contribution in [2.75, 3.05) is 5.73 Å². The molecular formula is C8H5FINS. The molecule has 62 valence electrons. The predicted molar refractivity (Wildman–Crippen MR) is 58.9 cm³/mol. The molecule has 0 atom stereocenters. The highest BCUT2D eigenvalue weighted by Gasteiger charge is 2.05. The molecule has 0 saturated carbocycles. The lowest BCUT2D eigenvalue weighted by molar-refractivity contribution is 0.644. The van der Waals surface area contributed by atoms with E-state index in [1.807, 2.05) is 6.07 Å². The average molecular weight is 293 g/mol. The topological polar surface area (TPSA) is 26.0 Å². The Hall–Kier alpha value is -0.360. The largest absolute Gasteiger partial charge is 0.398 e. The van der Waals surface area contributed by atoms with Crippen LogP contribution in [0.1, 0.15) is 0 Å². The van der Waals surface area contributed by atoms with Gasteiger partial charge in [0.2, 0.25) is 0 Å². The van der Waals surface area contributed by atoms with Gasteiger partial charge in [-0.05, 0) is 34.7 Å². The number of nitrogens with two attached hydrogens (primary N) is 1. The second-order valence-electron chi connectivity index (χ2n) is 2.45. The van der Waals surface area contributed by atoms with E-state index in [1.54, 1.807) is 6.07 Å². The van der Waals surface area contributed by atoms with Crippen molar-refractivity contribution in [2.24, 2.45) is 0 Å². The van der Waals surface area contributed by atoms with Gasteiger partial charge in [0.15, 0.2) is 0 Å². The molecule has 0 aliphatic rings. The quantitative estimate of drug-likeness (QED) is 0.586. The van der Waals surface area contributed by atoms with E-state index < -0.39 is 0 Å². The number of fused-ring (bicyclic) bond motifs is 1. The summed E-state index contributed by atoms with van der Waals surface area (Å²) in [6, 6.07) is 3.59. The molecule has 0 bridgehead atoms. The van der Waals surface area contributed by atoms with Crippen LogP contribution in [0.2, 0.25) is 0 Å². The normalized spacial score (nSPS) is 10.8. The number of thiophene rings is 1. The number of anilines is 1. The van der Waals surface area contributed by atoms with Crippen molar-refractivity contribution in [1.29, 1.82) is 0 Å². The van der Waals surface area contributed by atoms with Crippen LogP contribution in [0, 0.1) is 9.39 Å². The molecule has 0 spiro atoms. The van der Waals surface area contributed by atoms with Crippen molar-refractivity contribution in [3.05, 3.63) is 26.9 Å². The summed E-state index contributed by atoms with van der Waals surface area (Å²) in [5.41, 5.74) is 6.38. The van der Waals surface area contributed by atoms with E-state index in [2.05, 4.69) is 22.6 Å². The Morgan fingerprint density at radius 3 is 2.92 bits per heavy atom. The molecule has 0 saturated heterocycles. The van der Waals surface area contributed by atoms with Crippen LogP contribution in [0.4, 0.5) is 10.1 Å². The maximum Gasteiger partial charge on any atom is 0.141 e. The standard InChI is InChI=1S/C8H5FINS/c9-5-3-12-8-2-7(11)6(10)1-4(5)8/h1-3H,11H2. The minimum atomic E-state index is -0.159. The smallest absolute Gasteiger partial charge is 0.141 e. The van der Waals surface area contributed by atoms with Gasteiger partial charge in [-0.15, -0.1) is 11.3 Å². The summed E-state index contributed by atoms with van der Waals surface area (Å²) in [6.07, 6.45) is 0. The Kier molecular flexibility index (Phi) is 1.96. The van der Waals surface area contributed by atoms with Crippen LogP contribution in [0.5, 0.6) is 0 Å². The molecule has 0 fully saturated rings. The van der Waals surface area contributed by atoms with Gasteiger partial charge in [-0.25, -0.2) is 4.39 Å². The van der Waals surface area contributed by atoms with E-state index >= 15 is 0 Å². The molecule has 1 heterocycles. The van der Waals surface area contributed by atoms with Crippen molar-refractivity contribution in [3.8, 4) is 0 Å². The first-order valence-electron chi connectivity index (χ1n) is 3.30. The number of rotatable bonds is 0. The number of nitrogen functional groups attached to an aromatic ring is 1. The van der Waals surface area contributed by atoms with E-state index in [4.69, 9.17) is 5.73 Å². The lowest BCUT2D eigenvalue weighted by atomic mass is 10.2. The third-order valence-electron chi connectivity index (χ3n) is 1.65. The lowest BCUT2D eigenvalue weighted by Crippen LogP contribution is -1.87. The molecule has 0 amide bonds. The van der Waals surface area contributed by atoms with Crippen LogP contribution in [0.25, 0.3) is 10.1 Å². The summed E-state index contributed by atoms with van der Waals surface area (Å²) in [4.78, 5) is 0. The molecule has 1 nitrogen and oxygen atoms in total. The number of halogens is 2.